The number of nitrogens with zero attached hydrogens (tertiary/aromatic N) is 3. The first-order valence-corrected chi connectivity index (χ1v) is 6.71. The molecule has 1 N–H and O–H groups in total. The van der Waals surface area contributed by atoms with E-state index in [2.05, 4.69) is 23.8 Å². The SMILES string of the molecule is CCC(CC)c1nc2cc(Cl)cnc2n1CCO. The molecule has 2 heterocycles. The molecule has 0 unspecified atom stereocenters. The average Bonchev–Trinajstić information content (AvgIpc) is 2.70. The summed E-state index contributed by atoms with van der Waals surface area (Å²) in [5.41, 5.74) is 1.60. The lowest BCUT2D eigenvalue weighted by molar-refractivity contribution is 0.274. The van der Waals surface area contributed by atoms with Crippen molar-refractivity contribution < 1.29 is 5.11 Å². The lowest BCUT2D eigenvalue weighted by atomic mass is 10.0. The number of hydrogen-bond donors (Lipinski definition) is 1. The fourth-order valence-corrected chi connectivity index (χ4v) is 2.44. The maximum atomic E-state index is 9.20. The van der Waals surface area contributed by atoms with E-state index in [1.54, 1.807) is 6.20 Å². The van der Waals surface area contributed by atoms with E-state index in [-0.39, 0.29) is 6.61 Å². The molecule has 0 aliphatic carbocycles. The second-order valence-electron chi connectivity index (χ2n) is 4.35. The molecule has 0 aliphatic rings. The first-order valence-electron chi connectivity index (χ1n) is 6.33. The Hall–Kier alpha value is -1.13. The monoisotopic (exact) mass is 267 g/mol. The van der Waals surface area contributed by atoms with E-state index in [1.165, 1.54) is 0 Å². The van der Waals surface area contributed by atoms with E-state index in [0.29, 0.717) is 17.5 Å². The zero-order valence-electron chi connectivity index (χ0n) is 10.7. The van der Waals surface area contributed by atoms with Crippen molar-refractivity contribution in [3.05, 3.63) is 23.1 Å². The maximum absolute atomic E-state index is 9.20. The molecule has 0 aliphatic heterocycles. The van der Waals surface area contributed by atoms with Gasteiger partial charge in [-0.1, -0.05) is 25.4 Å². The summed E-state index contributed by atoms with van der Waals surface area (Å²) in [7, 11) is 0. The number of imidazole rings is 1. The predicted molar refractivity (Wildman–Crippen MR) is 72.9 cm³/mol. The molecule has 0 saturated carbocycles. The summed E-state index contributed by atoms with van der Waals surface area (Å²) in [6, 6.07) is 1.82. The summed E-state index contributed by atoms with van der Waals surface area (Å²) in [5.74, 6) is 1.39. The standard InChI is InChI=1S/C13H18ClN3O/c1-3-9(4-2)12-16-11-7-10(14)8-15-13(11)17(12)5-6-18/h7-9,18H,3-6H2,1-2H3. The smallest absolute Gasteiger partial charge is 0.160 e. The maximum Gasteiger partial charge on any atom is 0.160 e. The molecular weight excluding hydrogens is 250 g/mol. The summed E-state index contributed by atoms with van der Waals surface area (Å²) in [6.07, 6.45) is 3.67. The second kappa shape index (κ2) is 5.67. The van der Waals surface area contributed by atoms with Crippen molar-refractivity contribution in [2.45, 2.75) is 39.2 Å². The Labute approximate surface area is 112 Å². The third-order valence-electron chi connectivity index (χ3n) is 3.26. The Morgan fingerprint density at radius 2 is 2.11 bits per heavy atom. The zero-order chi connectivity index (χ0) is 13.1. The van der Waals surface area contributed by atoms with Gasteiger partial charge < -0.3 is 9.67 Å². The molecule has 0 spiro atoms. The van der Waals surface area contributed by atoms with Gasteiger partial charge in [-0.15, -0.1) is 0 Å². The van der Waals surface area contributed by atoms with Crippen molar-refractivity contribution in [2.24, 2.45) is 0 Å². The summed E-state index contributed by atoms with van der Waals surface area (Å²) in [6.45, 7) is 4.91. The summed E-state index contributed by atoms with van der Waals surface area (Å²) in [5, 5.41) is 9.79. The van der Waals surface area contributed by atoms with Crippen LogP contribution in [0, 0.1) is 0 Å². The van der Waals surface area contributed by atoms with Crippen LogP contribution in [0.25, 0.3) is 11.2 Å². The van der Waals surface area contributed by atoms with Crippen LogP contribution >= 0.6 is 11.6 Å². The van der Waals surface area contributed by atoms with Crippen molar-refractivity contribution >= 4 is 22.8 Å². The normalized spacial score (nSPS) is 11.6. The highest BCUT2D eigenvalue weighted by molar-refractivity contribution is 6.31. The van der Waals surface area contributed by atoms with E-state index < -0.39 is 0 Å². The van der Waals surface area contributed by atoms with Crippen LogP contribution < -0.4 is 0 Å². The molecule has 0 saturated heterocycles. The Bertz CT molecular complexity index is 534. The quantitative estimate of drug-likeness (QED) is 0.906. The van der Waals surface area contributed by atoms with Crippen LogP contribution in [-0.4, -0.2) is 26.2 Å². The van der Waals surface area contributed by atoms with Gasteiger partial charge in [0, 0.05) is 18.7 Å². The molecule has 5 heteroatoms. The number of aromatic nitrogens is 3. The van der Waals surface area contributed by atoms with E-state index >= 15 is 0 Å². The largest absolute Gasteiger partial charge is 0.395 e. The van der Waals surface area contributed by atoms with Crippen molar-refractivity contribution in [2.75, 3.05) is 6.61 Å². The van der Waals surface area contributed by atoms with Crippen LogP contribution in [0.1, 0.15) is 38.4 Å². The van der Waals surface area contributed by atoms with Gasteiger partial charge in [-0.05, 0) is 18.9 Å². The number of aliphatic hydroxyl groups is 1. The van der Waals surface area contributed by atoms with Gasteiger partial charge >= 0.3 is 0 Å². The Balaban J connectivity index is 2.59. The number of halogens is 1. The highest BCUT2D eigenvalue weighted by atomic mass is 35.5. The molecule has 0 radical (unpaired) electrons. The van der Waals surface area contributed by atoms with Gasteiger partial charge in [0.15, 0.2) is 5.65 Å². The van der Waals surface area contributed by atoms with Gasteiger partial charge in [0.2, 0.25) is 0 Å². The highest BCUT2D eigenvalue weighted by Crippen LogP contribution is 2.26. The van der Waals surface area contributed by atoms with Gasteiger partial charge in [0.05, 0.1) is 11.6 Å². The fourth-order valence-electron chi connectivity index (χ4n) is 2.29. The first-order chi connectivity index (χ1) is 8.71. The molecular formula is C13H18ClN3O. The van der Waals surface area contributed by atoms with Crippen molar-refractivity contribution in [1.82, 2.24) is 14.5 Å². The number of fused-ring (bicyclic) bond motifs is 1. The molecule has 0 fully saturated rings. The van der Waals surface area contributed by atoms with Crippen LogP contribution in [0.3, 0.4) is 0 Å². The van der Waals surface area contributed by atoms with Crippen LogP contribution in [0.5, 0.6) is 0 Å². The van der Waals surface area contributed by atoms with Gasteiger partial charge in [-0.25, -0.2) is 9.97 Å². The summed E-state index contributed by atoms with van der Waals surface area (Å²) >= 11 is 5.94. The van der Waals surface area contributed by atoms with Gasteiger partial charge in [0.1, 0.15) is 11.3 Å². The number of aliphatic hydroxyl groups excluding tert-OH is 1. The molecule has 98 valence electrons. The molecule has 2 aromatic heterocycles. The first kappa shape index (κ1) is 13.3. The molecule has 0 atom stereocenters. The lowest BCUT2D eigenvalue weighted by Crippen LogP contribution is -2.11. The fraction of sp³-hybridized carbons (Fsp3) is 0.538. The molecule has 4 nitrogen and oxygen atoms in total. The minimum atomic E-state index is 0.0862. The minimum absolute atomic E-state index is 0.0862. The van der Waals surface area contributed by atoms with E-state index in [1.807, 2.05) is 10.6 Å². The van der Waals surface area contributed by atoms with Crippen LogP contribution in [0.4, 0.5) is 0 Å². The Kier molecular flexibility index (Phi) is 4.19. The average molecular weight is 268 g/mol. The third kappa shape index (κ3) is 2.35. The molecule has 2 aromatic rings. The molecule has 0 amide bonds. The van der Waals surface area contributed by atoms with Crippen molar-refractivity contribution in [1.29, 1.82) is 0 Å². The van der Waals surface area contributed by atoms with E-state index in [0.717, 1.165) is 29.8 Å². The predicted octanol–water partition coefficient (Wildman–Crippen LogP) is 2.98. The van der Waals surface area contributed by atoms with Crippen LogP contribution in [0.15, 0.2) is 12.3 Å². The zero-order valence-corrected chi connectivity index (χ0v) is 11.5. The Morgan fingerprint density at radius 3 is 2.72 bits per heavy atom. The minimum Gasteiger partial charge on any atom is -0.395 e. The van der Waals surface area contributed by atoms with Crippen molar-refractivity contribution in [3.8, 4) is 0 Å². The highest BCUT2D eigenvalue weighted by Gasteiger charge is 2.18. The topological polar surface area (TPSA) is 50.9 Å². The third-order valence-corrected chi connectivity index (χ3v) is 3.46. The molecule has 2 rings (SSSR count). The lowest BCUT2D eigenvalue weighted by Gasteiger charge is -2.14. The number of pyridine rings is 1. The molecule has 0 aromatic carbocycles. The van der Waals surface area contributed by atoms with E-state index in [9.17, 15) is 5.11 Å². The van der Waals surface area contributed by atoms with Gasteiger partial charge in [-0.2, -0.15) is 0 Å². The van der Waals surface area contributed by atoms with Gasteiger partial charge in [-0.3, -0.25) is 0 Å². The molecule has 18 heavy (non-hydrogen) atoms. The Morgan fingerprint density at radius 1 is 1.39 bits per heavy atom. The van der Waals surface area contributed by atoms with E-state index in [4.69, 9.17) is 11.6 Å². The number of rotatable bonds is 5. The van der Waals surface area contributed by atoms with Gasteiger partial charge in [0.25, 0.3) is 0 Å². The van der Waals surface area contributed by atoms with Crippen molar-refractivity contribution in [3.63, 3.8) is 0 Å². The molecule has 0 bridgehead atoms. The number of hydrogen-bond acceptors (Lipinski definition) is 3. The van der Waals surface area contributed by atoms with Crippen LogP contribution in [0.2, 0.25) is 5.02 Å². The van der Waals surface area contributed by atoms with Crippen LogP contribution in [-0.2, 0) is 6.54 Å². The second-order valence-corrected chi connectivity index (χ2v) is 4.79. The summed E-state index contributed by atoms with van der Waals surface area (Å²) < 4.78 is 2.00. The summed E-state index contributed by atoms with van der Waals surface area (Å²) in [4.78, 5) is 8.97.